The quantitative estimate of drug-likeness (QED) is 0.628. The summed E-state index contributed by atoms with van der Waals surface area (Å²) in [4.78, 5) is 11.6. The monoisotopic (exact) mass is 296 g/mol. The van der Waals surface area contributed by atoms with Crippen LogP contribution in [0.2, 0.25) is 0 Å². The fraction of sp³-hybridized carbons (Fsp3) is 0.941. The lowest BCUT2D eigenvalue weighted by molar-refractivity contribution is -0.177. The van der Waals surface area contributed by atoms with Gasteiger partial charge in [-0.3, -0.25) is 4.79 Å². The molecule has 5 atom stereocenters. The summed E-state index contributed by atoms with van der Waals surface area (Å²) >= 11 is 0. The standard InChI is InChI=1S/C17H28O4/c1-11(19)20-12-9-16(5)17(10-18,21-16)15(4)8-6-7-14(2,3)13(12)15/h12-13,18H,6-10H2,1-5H3/t12-,13?,15-,16+,17-/m0/s1. The van der Waals surface area contributed by atoms with E-state index < -0.39 is 5.60 Å². The van der Waals surface area contributed by atoms with Crippen LogP contribution in [0.3, 0.4) is 0 Å². The highest BCUT2D eigenvalue weighted by molar-refractivity contribution is 5.66. The van der Waals surface area contributed by atoms with Gasteiger partial charge in [0.25, 0.3) is 0 Å². The Bertz CT molecular complexity index is 473. The van der Waals surface area contributed by atoms with E-state index in [1.165, 1.54) is 6.92 Å². The van der Waals surface area contributed by atoms with Crippen molar-refractivity contribution < 1.29 is 19.4 Å². The number of aliphatic hydroxyl groups excluding tert-OH is 1. The molecular weight excluding hydrogens is 268 g/mol. The van der Waals surface area contributed by atoms with Gasteiger partial charge in [0.05, 0.1) is 6.61 Å². The highest BCUT2D eigenvalue weighted by atomic mass is 16.6. The second-order valence-corrected chi connectivity index (χ2v) is 8.41. The lowest BCUT2D eigenvalue weighted by atomic mass is 9.45. The van der Waals surface area contributed by atoms with Crippen LogP contribution in [0, 0.1) is 16.7 Å². The summed E-state index contributed by atoms with van der Waals surface area (Å²) in [5, 5.41) is 10.1. The molecule has 1 N–H and O–H groups in total. The number of carbonyl (C=O) groups excluding carboxylic acids is 1. The number of rotatable bonds is 2. The first-order valence-electron chi connectivity index (χ1n) is 8.10. The fourth-order valence-electron chi connectivity index (χ4n) is 5.94. The van der Waals surface area contributed by atoms with Crippen LogP contribution in [0.4, 0.5) is 0 Å². The van der Waals surface area contributed by atoms with Crippen LogP contribution in [-0.2, 0) is 14.3 Å². The maximum atomic E-state index is 11.6. The number of aliphatic hydroxyl groups is 1. The van der Waals surface area contributed by atoms with Gasteiger partial charge in [0.2, 0.25) is 0 Å². The smallest absolute Gasteiger partial charge is 0.302 e. The molecule has 2 aliphatic carbocycles. The molecule has 0 amide bonds. The summed E-state index contributed by atoms with van der Waals surface area (Å²) in [5.41, 5.74) is -0.876. The van der Waals surface area contributed by atoms with Gasteiger partial charge in [0, 0.05) is 24.7 Å². The summed E-state index contributed by atoms with van der Waals surface area (Å²) in [7, 11) is 0. The Balaban J connectivity index is 2.06. The Labute approximate surface area is 127 Å². The van der Waals surface area contributed by atoms with Gasteiger partial charge in [-0.05, 0) is 25.2 Å². The lowest BCUT2D eigenvalue weighted by Crippen LogP contribution is -2.63. The number of fused-ring (bicyclic) bond motifs is 3. The third kappa shape index (κ3) is 1.78. The molecule has 4 heteroatoms. The summed E-state index contributed by atoms with van der Waals surface area (Å²) < 4.78 is 11.9. The number of hydrogen-bond donors (Lipinski definition) is 1. The summed E-state index contributed by atoms with van der Waals surface area (Å²) in [5.74, 6) is 0.00912. The Hall–Kier alpha value is -0.610. The highest BCUT2D eigenvalue weighted by Gasteiger charge is 2.81. The molecule has 0 radical (unpaired) electrons. The zero-order chi connectivity index (χ0) is 15.7. The van der Waals surface area contributed by atoms with Crippen LogP contribution in [0.1, 0.15) is 60.3 Å². The molecule has 1 saturated heterocycles. The third-order valence-electron chi connectivity index (χ3n) is 6.68. The van der Waals surface area contributed by atoms with Crippen LogP contribution < -0.4 is 0 Å². The molecule has 0 aromatic rings. The van der Waals surface area contributed by atoms with Crippen molar-refractivity contribution in [2.45, 2.75) is 77.6 Å². The molecule has 120 valence electrons. The molecule has 1 heterocycles. The molecule has 0 spiro atoms. The summed E-state index contributed by atoms with van der Waals surface area (Å²) in [6.45, 7) is 10.4. The normalized spacial score (nSPS) is 50.8. The molecule has 3 fully saturated rings. The first kappa shape index (κ1) is 15.3. The van der Waals surface area contributed by atoms with Crippen molar-refractivity contribution in [3.05, 3.63) is 0 Å². The molecule has 2 saturated carbocycles. The van der Waals surface area contributed by atoms with Crippen LogP contribution in [0.25, 0.3) is 0 Å². The van der Waals surface area contributed by atoms with Gasteiger partial charge in [0.1, 0.15) is 17.3 Å². The minimum atomic E-state index is -0.459. The second kappa shape index (κ2) is 4.23. The molecule has 21 heavy (non-hydrogen) atoms. The first-order chi connectivity index (χ1) is 9.62. The highest BCUT2D eigenvalue weighted by Crippen LogP contribution is 2.73. The predicted octanol–water partition coefficient (Wildman–Crippen LogP) is 2.67. The number of ether oxygens (including phenoxy) is 2. The van der Waals surface area contributed by atoms with Crippen LogP contribution in [-0.4, -0.2) is 35.0 Å². The van der Waals surface area contributed by atoms with Crippen molar-refractivity contribution in [2.24, 2.45) is 16.7 Å². The molecule has 3 rings (SSSR count). The van der Waals surface area contributed by atoms with Gasteiger partial charge in [-0.25, -0.2) is 0 Å². The molecule has 1 unspecified atom stereocenters. The molecule has 4 nitrogen and oxygen atoms in total. The van der Waals surface area contributed by atoms with E-state index in [0.717, 1.165) is 19.3 Å². The fourth-order valence-corrected chi connectivity index (χ4v) is 5.94. The zero-order valence-corrected chi connectivity index (χ0v) is 13.9. The first-order valence-corrected chi connectivity index (χ1v) is 8.10. The Morgan fingerprint density at radius 1 is 1.29 bits per heavy atom. The molecule has 3 aliphatic rings. The van der Waals surface area contributed by atoms with Crippen molar-refractivity contribution in [3.63, 3.8) is 0 Å². The summed E-state index contributed by atoms with van der Waals surface area (Å²) in [6, 6.07) is 0. The van der Waals surface area contributed by atoms with Gasteiger partial charge in [0.15, 0.2) is 0 Å². The van der Waals surface area contributed by atoms with Crippen LogP contribution in [0.5, 0.6) is 0 Å². The van der Waals surface area contributed by atoms with Gasteiger partial charge in [-0.15, -0.1) is 0 Å². The average molecular weight is 296 g/mol. The van der Waals surface area contributed by atoms with Gasteiger partial charge in [-0.1, -0.05) is 27.2 Å². The minimum Gasteiger partial charge on any atom is -0.462 e. The van der Waals surface area contributed by atoms with Gasteiger partial charge < -0.3 is 14.6 Å². The van der Waals surface area contributed by atoms with Crippen LogP contribution in [0.15, 0.2) is 0 Å². The summed E-state index contributed by atoms with van der Waals surface area (Å²) in [6.07, 6.45) is 3.86. The Morgan fingerprint density at radius 3 is 2.52 bits per heavy atom. The molecule has 0 aromatic carbocycles. The number of carbonyl (C=O) groups is 1. The number of epoxide rings is 1. The van der Waals surface area contributed by atoms with Crippen molar-refractivity contribution in [1.29, 1.82) is 0 Å². The molecule has 0 aromatic heterocycles. The lowest BCUT2D eigenvalue weighted by Gasteiger charge is -2.58. The van der Waals surface area contributed by atoms with E-state index >= 15 is 0 Å². The van der Waals surface area contributed by atoms with Crippen LogP contribution >= 0.6 is 0 Å². The number of esters is 1. The maximum absolute atomic E-state index is 11.6. The Morgan fingerprint density at radius 2 is 1.95 bits per heavy atom. The van der Waals surface area contributed by atoms with E-state index in [-0.39, 0.29) is 41.0 Å². The van der Waals surface area contributed by atoms with E-state index in [9.17, 15) is 9.90 Å². The molecule has 0 bridgehead atoms. The van der Waals surface area contributed by atoms with E-state index in [4.69, 9.17) is 9.47 Å². The maximum Gasteiger partial charge on any atom is 0.302 e. The van der Waals surface area contributed by atoms with Gasteiger partial charge >= 0.3 is 5.97 Å². The Kier molecular flexibility index (Phi) is 3.08. The molecular formula is C17H28O4. The predicted molar refractivity (Wildman–Crippen MR) is 78.7 cm³/mol. The zero-order valence-electron chi connectivity index (χ0n) is 13.9. The average Bonchev–Trinajstić information content (AvgIpc) is 2.94. The van der Waals surface area contributed by atoms with Crippen molar-refractivity contribution in [1.82, 2.24) is 0 Å². The minimum absolute atomic E-state index is 0.0549. The topological polar surface area (TPSA) is 59.1 Å². The second-order valence-electron chi connectivity index (χ2n) is 8.41. The number of hydrogen-bond acceptors (Lipinski definition) is 4. The third-order valence-corrected chi connectivity index (χ3v) is 6.68. The van der Waals surface area contributed by atoms with Gasteiger partial charge in [-0.2, -0.15) is 0 Å². The van der Waals surface area contributed by atoms with Crippen molar-refractivity contribution >= 4 is 5.97 Å². The van der Waals surface area contributed by atoms with E-state index in [0.29, 0.717) is 6.42 Å². The SMILES string of the molecule is CC(=O)O[C@H]1C[C@@]2(C)O[C@@]2(CO)[C@@]2(C)CCCC(C)(C)C12. The molecule has 1 aliphatic heterocycles. The van der Waals surface area contributed by atoms with E-state index in [1.54, 1.807) is 0 Å². The largest absolute Gasteiger partial charge is 0.462 e. The van der Waals surface area contributed by atoms with Crippen molar-refractivity contribution in [2.75, 3.05) is 6.61 Å². The van der Waals surface area contributed by atoms with Crippen molar-refractivity contribution in [3.8, 4) is 0 Å². The van der Waals surface area contributed by atoms with E-state index in [2.05, 4.69) is 27.7 Å². The van der Waals surface area contributed by atoms with E-state index in [1.807, 2.05) is 0 Å².